The maximum absolute atomic E-state index is 13.1. The van der Waals surface area contributed by atoms with Gasteiger partial charge in [0.2, 0.25) is 5.91 Å². The van der Waals surface area contributed by atoms with Crippen LogP contribution in [-0.2, 0) is 17.9 Å². The first-order valence-electron chi connectivity index (χ1n) is 7.68. The molecular weight excluding hydrogens is 297 g/mol. The minimum Gasteiger partial charge on any atom is -0.368 e. The zero-order chi connectivity index (χ0) is 16.6. The van der Waals surface area contributed by atoms with Gasteiger partial charge < -0.3 is 10.3 Å². The molecule has 6 nitrogen and oxygen atoms in total. The van der Waals surface area contributed by atoms with Crippen LogP contribution in [0.3, 0.4) is 0 Å². The molecule has 1 aliphatic rings. The summed E-state index contributed by atoms with van der Waals surface area (Å²) in [5.41, 5.74) is 6.28. The molecule has 23 heavy (non-hydrogen) atoms. The molecule has 0 saturated carbocycles. The Morgan fingerprint density at radius 1 is 1.22 bits per heavy atom. The summed E-state index contributed by atoms with van der Waals surface area (Å²) >= 11 is 0. The predicted molar refractivity (Wildman–Crippen MR) is 82.9 cm³/mol. The van der Waals surface area contributed by atoms with Crippen LogP contribution in [0.4, 0.5) is 4.39 Å². The van der Waals surface area contributed by atoms with Crippen molar-refractivity contribution in [3.05, 3.63) is 47.3 Å². The third kappa shape index (κ3) is 2.96. The number of hydrogen-bond donors (Lipinski definition) is 1. The standard InChI is InChI=1S/C16H20FN5O/c1-10(2)16-20-19-13-9-21(7-8-22(13)16)14(15(18)23)11-3-5-12(17)6-4-11/h3-6,10,14H,7-9H2,1-2H3,(H2,18,23). The van der Waals surface area contributed by atoms with E-state index < -0.39 is 11.9 Å². The Balaban J connectivity index is 1.87. The molecule has 0 saturated heterocycles. The highest BCUT2D eigenvalue weighted by Gasteiger charge is 2.31. The number of carbonyl (C=O) groups is 1. The fourth-order valence-electron chi connectivity index (χ4n) is 3.05. The number of halogens is 1. The van der Waals surface area contributed by atoms with Crippen molar-refractivity contribution < 1.29 is 9.18 Å². The quantitative estimate of drug-likeness (QED) is 0.929. The second-order valence-electron chi connectivity index (χ2n) is 6.11. The lowest BCUT2D eigenvalue weighted by molar-refractivity contribution is -0.124. The largest absolute Gasteiger partial charge is 0.368 e. The number of carbonyl (C=O) groups excluding carboxylic acids is 1. The number of amides is 1. The van der Waals surface area contributed by atoms with E-state index in [1.165, 1.54) is 12.1 Å². The number of rotatable bonds is 4. The Hall–Kier alpha value is -2.28. The average molecular weight is 317 g/mol. The Morgan fingerprint density at radius 3 is 2.52 bits per heavy atom. The summed E-state index contributed by atoms with van der Waals surface area (Å²) < 4.78 is 15.2. The van der Waals surface area contributed by atoms with E-state index in [-0.39, 0.29) is 5.82 Å². The Kier molecular flexibility index (Phi) is 4.12. The third-order valence-corrected chi connectivity index (χ3v) is 4.15. The zero-order valence-corrected chi connectivity index (χ0v) is 13.2. The second-order valence-corrected chi connectivity index (χ2v) is 6.11. The van der Waals surface area contributed by atoms with Crippen molar-refractivity contribution in [2.24, 2.45) is 5.73 Å². The number of primary amides is 1. The maximum atomic E-state index is 13.1. The topological polar surface area (TPSA) is 77.0 Å². The minimum atomic E-state index is -0.594. The summed E-state index contributed by atoms with van der Waals surface area (Å²) in [4.78, 5) is 13.9. The van der Waals surface area contributed by atoms with E-state index in [0.717, 1.165) is 11.6 Å². The van der Waals surface area contributed by atoms with Crippen LogP contribution in [0.15, 0.2) is 24.3 Å². The number of hydrogen-bond acceptors (Lipinski definition) is 4. The van der Waals surface area contributed by atoms with Gasteiger partial charge in [0, 0.05) is 19.0 Å². The van der Waals surface area contributed by atoms with Crippen molar-refractivity contribution in [3.8, 4) is 0 Å². The number of nitrogens with zero attached hydrogens (tertiary/aromatic N) is 4. The average Bonchev–Trinajstić information content (AvgIpc) is 2.92. The van der Waals surface area contributed by atoms with E-state index in [1.807, 2.05) is 4.90 Å². The lowest BCUT2D eigenvalue weighted by atomic mass is 10.0. The van der Waals surface area contributed by atoms with E-state index in [0.29, 0.717) is 31.1 Å². The Labute approximate surface area is 134 Å². The molecule has 1 aliphatic heterocycles. The van der Waals surface area contributed by atoms with E-state index in [2.05, 4.69) is 28.6 Å². The summed E-state index contributed by atoms with van der Waals surface area (Å²) in [6, 6.07) is 5.29. The smallest absolute Gasteiger partial charge is 0.239 e. The lowest BCUT2D eigenvalue weighted by Gasteiger charge is -2.33. The first kappa shape index (κ1) is 15.6. The minimum absolute atomic E-state index is 0.298. The van der Waals surface area contributed by atoms with Gasteiger partial charge in [0.25, 0.3) is 0 Å². The van der Waals surface area contributed by atoms with Gasteiger partial charge in [0.15, 0.2) is 0 Å². The first-order valence-corrected chi connectivity index (χ1v) is 7.68. The molecule has 122 valence electrons. The summed E-state index contributed by atoms with van der Waals surface area (Å²) in [6.45, 7) is 6.02. The molecule has 7 heteroatoms. The highest BCUT2D eigenvalue weighted by molar-refractivity contribution is 5.81. The third-order valence-electron chi connectivity index (χ3n) is 4.15. The highest BCUT2D eigenvalue weighted by Crippen LogP contribution is 2.26. The van der Waals surface area contributed by atoms with Gasteiger partial charge in [0.05, 0.1) is 6.54 Å². The summed E-state index contributed by atoms with van der Waals surface area (Å²) in [6.07, 6.45) is 0. The monoisotopic (exact) mass is 317 g/mol. The maximum Gasteiger partial charge on any atom is 0.239 e. The Bertz CT molecular complexity index is 710. The van der Waals surface area contributed by atoms with Crippen molar-refractivity contribution in [1.82, 2.24) is 19.7 Å². The number of nitrogens with two attached hydrogens (primary N) is 1. The molecule has 0 bridgehead atoms. The van der Waals surface area contributed by atoms with E-state index in [9.17, 15) is 9.18 Å². The lowest BCUT2D eigenvalue weighted by Crippen LogP contribution is -2.42. The number of aromatic nitrogens is 3. The van der Waals surface area contributed by atoms with Crippen LogP contribution in [-0.4, -0.2) is 32.1 Å². The van der Waals surface area contributed by atoms with Crippen LogP contribution >= 0.6 is 0 Å². The molecule has 2 aromatic rings. The summed E-state index contributed by atoms with van der Waals surface area (Å²) in [5, 5.41) is 8.48. The van der Waals surface area contributed by atoms with Crippen molar-refractivity contribution in [1.29, 1.82) is 0 Å². The van der Waals surface area contributed by atoms with Crippen LogP contribution < -0.4 is 5.73 Å². The van der Waals surface area contributed by atoms with Gasteiger partial charge in [-0.3, -0.25) is 9.69 Å². The first-order chi connectivity index (χ1) is 11.0. The van der Waals surface area contributed by atoms with Crippen LogP contribution in [0.5, 0.6) is 0 Å². The van der Waals surface area contributed by atoms with Crippen molar-refractivity contribution in [3.63, 3.8) is 0 Å². The molecular formula is C16H20FN5O. The molecule has 1 aromatic carbocycles. The molecule has 0 spiro atoms. The van der Waals surface area contributed by atoms with Crippen LogP contribution in [0.1, 0.15) is 43.0 Å². The number of fused-ring (bicyclic) bond motifs is 1. The molecule has 0 aliphatic carbocycles. The molecule has 2 N–H and O–H groups in total. The zero-order valence-electron chi connectivity index (χ0n) is 13.2. The van der Waals surface area contributed by atoms with Gasteiger partial charge in [-0.25, -0.2) is 4.39 Å². The van der Waals surface area contributed by atoms with Crippen LogP contribution in [0.25, 0.3) is 0 Å². The molecule has 0 fully saturated rings. The van der Waals surface area contributed by atoms with Crippen LogP contribution in [0.2, 0.25) is 0 Å². The van der Waals surface area contributed by atoms with Gasteiger partial charge in [-0.1, -0.05) is 26.0 Å². The van der Waals surface area contributed by atoms with E-state index in [4.69, 9.17) is 5.73 Å². The van der Waals surface area contributed by atoms with Gasteiger partial charge in [-0.2, -0.15) is 0 Å². The molecule has 1 unspecified atom stereocenters. The molecule has 1 atom stereocenters. The van der Waals surface area contributed by atoms with E-state index >= 15 is 0 Å². The number of benzene rings is 1. The normalized spacial score (nSPS) is 16.3. The fourth-order valence-corrected chi connectivity index (χ4v) is 3.05. The summed E-state index contributed by atoms with van der Waals surface area (Å²) in [5.74, 6) is 1.29. The van der Waals surface area contributed by atoms with Gasteiger partial charge >= 0.3 is 0 Å². The van der Waals surface area contributed by atoms with Crippen LogP contribution in [0, 0.1) is 5.82 Å². The van der Waals surface area contributed by atoms with Gasteiger partial charge in [-0.15, -0.1) is 10.2 Å². The molecule has 1 aromatic heterocycles. The van der Waals surface area contributed by atoms with Gasteiger partial charge in [0.1, 0.15) is 23.5 Å². The summed E-state index contributed by atoms with van der Waals surface area (Å²) in [7, 11) is 0. The Morgan fingerprint density at radius 2 is 1.91 bits per heavy atom. The van der Waals surface area contributed by atoms with Crippen molar-refractivity contribution in [2.45, 2.75) is 38.9 Å². The fraction of sp³-hybridized carbons (Fsp3) is 0.438. The van der Waals surface area contributed by atoms with E-state index in [1.54, 1.807) is 12.1 Å². The molecule has 0 radical (unpaired) electrons. The molecule has 1 amide bonds. The second kappa shape index (κ2) is 6.08. The molecule has 3 rings (SSSR count). The predicted octanol–water partition coefficient (Wildman–Crippen LogP) is 1.58. The van der Waals surface area contributed by atoms with Gasteiger partial charge in [-0.05, 0) is 17.7 Å². The SMILES string of the molecule is CC(C)c1nnc2n1CCN(C(C(N)=O)c1ccc(F)cc1)C2. The molecule has 2 heterocycles. The van der Waals surface area contributed by atoms with Crippen molar-refractivity contribution in [2.75, 3.05) is 6.54 Å². The van der Waals surface area contributed by atoms with Crippen molar-refractivity contribution >= 4 is 5.91 Å². The highest BCUT2D eigenvalue weighted by atomic mass is 19.1.